The third-order valence-corrected chi connectivity index (χ3v) is 7.15. The fourth-order valence-corrected chi connectivity index (χ4v) is 5.34. The minimum atomic E-state index is 0.0795. The smallest absolute Gasteiger partial charge is 0.0609 e. The molecule has 0 unspecified atom stereocenters. The first-order chi connectivity index (χ1) is 13.5. The van der Waals surface area contributed by atoms with Crippen molar-refractivity contribution in [2.45, 2.75) is 62.2 Å². The summed E-state index contributed by atoms with van der Waals surface area (Å²) in [4.78, 5) is 2.65. The lowest BCUT2D eigenvalue weighted by Gasteiger charge is -2.31. The van der Waals surface area contributed by atoms with E-state index in [0.29, 0.717) is 0 Å². The van der Waals surface area contributed by atoms with E-state index in [9.17, 15) is 0 Å². The number of rotatable bonds is 1. The summed E-state index contributed by atoms with van der Waals surface area (Å²) in [7, 11) is 0. The molecular weight excluding hydrogens is 438 g/mol. The Kier molecular flexibility index (Phi) is 5.11. The number of hydrogen-bond acceptors (Lipinski definition) is 2. The number of nitrogens with one attached hydrogen (secondary N) is 1. The van der Waals surface area contributed by atoms with Crippen molar-refractivity contribution in [1.82, 2.24) is 0 Å². The average Bonchev–Trinajstić information content (AvgIpc) is 2.64. The van der Waals surface area contributed by atoms with Crippen LogP contribution in [0.1, 0.15) is 52.7 Å². The Morgan fingerprint density at radius 3 is 2.10 bits per heavy atom. The molecule has 0 saturated heterocycles. The quantitative estimate of drug-likeness (QED) is 0.301. The van der Waals surface area contributed by atoms with Crippen molar-refractivity contribution < 1.29 is 0 Å². The van der Waals surface area contributed by atoms with Crippen LogP contribution in [0, 0.1) is 0 Å². The molecule has 0 spiro atoms. The molecule has 0 radical (unpaired) electrons. The number of fused-ring (bicyclic) bond motifs is 2. The maximum atomic E-state index is 3.78. The molecule has 0 saturated carbocycles. The highest BCUT2D eigenvalue weighted by Crippen LogP contribution is 2.52. The van der Waals surface area contributed by atoms with E-state index in [1.807, 2.05) is 11.8 Å². The minimum Gasteiger partial charge on any atom is -0.353 e. The molecule has 1 N–H and O–H groups in total. The van der Waals surface area contributed by atoms with Crippen LogP contribution in [0.3, 0.4) is 0 Å². The van der Waals surface area contributed by atoms with Gasteiger partial charge < -0.3 is 5.32 Å². The molecule has 1 heterocycles. The molecule has 0 aliphatic carbocycles. The third-order valence-electron chi connectivity index (χ3n) is 5.44. The molecular formula is C26H28BrNS. The van der Waals surface area contributed by atoms with Crippen LogP contribution in [0.5, 0.6) is 0 Å². The van der Waals surface area contributed by atoms with E-state index in [-0.39, 0.29) is 10.8 Å². The minimum absolute atomic E-state index is 0.0795. The second-order valence-corrected chi connectivity index (χ2v) is 11.8. The van der Waals surface area contributed by atoms with Crippen molar-refractivity contribution in [3.63, 3.8) is 0 Å². The normalized spacial score (nSPS) is 13.5. The number of anilines is 2. The topological polar surface area (TPSA) is 12.0 Å². The summed E-state index contributed by atoms with van der Waals surface area (Å²) in [6.45, 7) is 13.7. The molecule has 3 heteroatoms. The summed E-state index contributed by atoms with van der Waals surface area (Å²) in [6.07, 6.45) is 0. The van der Waals surface area contributed by atoms with E-state index in [2.05, 4.69) is 117 Å². The maximum Gasteiger partial charge on any atom is 0.0609 e. The van der Waals surface area contributed by atoms with Gasteiger partial charge in [0, 0.05) is 19.8 Å². The summed E-state index contributed by atoms with van der Waals surface area (Å²) in [5.41, 5.74) is 7.87. The van der Waals surface area contributed by atoms with Gasteiger partial charge in [0.1, 0.15) is 0 Å². The fourth-order valence-electron chi connectivity index (χ4n) is 3.69. The van der Waals surface area contributed by atoms with Gasteiger partial charge in [-0.15, -0.1) is 0 Å². The lowest BCUT2D eigenvalue weighted by Crippen LogP contribution is -2.16. The lowest BCUT2D eigenvalue weighted by atomic mass is 9.85. The second kappa shape index (κ2) is 7.21. The number of halogens is 1. The summed E-state index contributed by atoms with van der Waals surface area (Å²) < 4.78 is 1.10. The molecule has 1 aliphatic rings. The van der Waals surface area contributed by atoms with E-state index >= 15 is 0 Å². The summed E-state index contributed by atoms with van der Waals surface area (Å²) >= 11 is 5.46. The van der Waals surface area contributed by atoms with Gasteiger partial charge in [0.2, 0.25) is 0 Å². The van der Waals surface area contributed by atoms with E-state index in [4.69, 9.17) is 0 Å². The van der Waals surface area contributed by atoms with E-state index in [1.54, 1.807) is 0 Å². The van der Waals surface area contributed by atoms with E-state index in [0.717, 1.165) is 4.47 Å². The SMILES string of the molecule is CC(C)(C)c1ccc2c(c1)Sc1c(C(C)(C)C)ccc(-c3ccc(Br)cc3)c1N2. The van der Waals surface area contributed by atoms with Crippen LogP contribution < -0.4 is 5.32 Å². The van der Waals surface area contributed by atoms with Gasteiger partial charge in [-0.2, -0.15) is 0 Å². The van der Waals surface area contributed by atoms with Crippen LogP contribution >= 0.6 is 27.7 Å². The first-order valence-electron chi connectivity index (χ1n) is 10.1. The standard InChI is InChI=1S/C26H28BrNS/c1-25(2,3)17-9-14-21-22(15-17)29-24-20(26(4,5)6)13-12-19(23(24)28-21)16-7-10-18(27)11-8-16/h7-15,28H,1-6H3. The zero-order valence-corrected chi connectivity index (χ0v) is 20.4. The van der Waals surface area contributed by atoms with Gasteiger partial charge in [0.15, 0.2) is 0 Å². The molecule has 0 atom stereocenters. The highest BCUT2D eigenvalue weighted by atomic mass is 79.9. The molecule has 29 heavy (non-hydrogen) atoms. The first kappa shape index (κ1) is 20.6. The van der Waals surface area contributed by atoms with Crippen molar-refractivity contribution in [2.24, 2.45) is 0 Å². The van der Waals surface area contributed by atoms with E-state index in [1.165, 1.54) is 43.4 Å². The van der Waals surface area contributed by atoms with Gasteiger partial charge in [0.05, 0.1) is 11.4 Å². The molecule has 4 rings (SSSR count). The van der Waals surface area contributed by atoms with Gasteiger partial charge in [-0.3, -0.25) is 0 Å². The lowest BCUT2D eigenvalue weighted by molar-refractivity contribution is 0.578. The van der Waals surface area contributed by atoms with Gasteiger partial charge in [0.25, 0.3) is 0 Å². The van der Waals surface area contributed by atoms with Crippen LogP contribution in [0.25, 0.3) is 11.1 Å². The molecule has 0 fully saturated rings. The van der Waals surface area contributed by atoms with Crippen molar-refractivity contribution in [1.29, 1.82) is 0 Å². The fraction of sp³-hybridized carbons (Fsp3) is 0.308. The van der Waals surface area contributed by atoms with Crippen LogP contribution in [-0.4, -0.2) is 0 Å². The van der Waals surface area contributed by atoms with Crippen molar-refractivity contribution >= 4 is 39.1 Å². The molecule has 0 aromatic heterocycles. The molecule has 0 amide bonds. The van der Waals surface area contributed by atoms with Gasteiger partial charge >= 0.3 is 0 Å². The molecule has 3 aromatic carbocycles. The molecule has 1 aliphatic heterocycles. The Morgan fingerprint density at radius 2 is 1.48 bits per heavy atom. The molecule has 1 nitrogen and oxygen atoms in total. The van der Waals surface area contributed by atoms with Crippen molar-refractivity contribution in [2.75, 3.05) is 5.32 Å². The van der Waals surface area contributed by atoms with E-state index < -0.39 is 0 Å². The molecule has 150 valence electrons. The Hall–Kier alpha value is -1.71. The second-order valence-electron chi connectivity index (χ2n) is 9.81. The van der Waals surface area contributed by atoms with Gasteiger partial charge in [-0.1, -0.05) is 99.6 Å². The van der Waals surface area contributed by atoms with Crippen LogP contribution in [0.4, 0.5) is 11.4 Å². The predicted octanol–water partition coefficient (Wildman–Crippen LogP) is 8.92. The van der Waals surface area contributed by atoms with Gasteiger partial charge in [-0.25, -0.2) is 0 Å². The highest BCUT2D eigenvalue weighted by molar-refractivity contribution is 9.10. The monoisotopic (exact) mass is 465 g/mol. The Morgan fingerprint density at radius 1 is 0.793 bits per heavy atom. The average molecular weight is 466 g/mol. The van der Waals surface area contributed by atoms with Crippen LogP contribution in [0.15, 0.2) is 68.9 Å². The molecule has 3 aromatic rings. The summed E-state index contributed by atoms with van der Waals surface area (Å²) in [5.74, 6) is 0. The highest BCUT2D eigenvalue weighted by Gasteiger charge is 2.28. The third kappa shape index (κ3) is 4.00. The van der Waals surface area contributed by atoms with Crippen LogP contribution in [0.2, 0.25) is 0 Å². The Labute approximate surface area is 187 Å². The number of benzene rings is 3. The van der Waals surface area contributed by atoms with Crippen molar-refractivity contribution in [3.8, 4) is 11.1 Å². The molecule has 0 bridgehead atoms. The zero-order chi connectivity index (χ0) is 21.0. The summed E-state index contributed by atoms with van der Waals surface area (Å²) in [5, 5.41) is 3.78. The van der Waals surface area contributed by atoms with Crippen LogP contribution in [-0.2, 0) is 10.8 Å². The Balaban J connectivity index is 1.89. The first-order valence-corrected chi connectivity index (χ1v) is 11.7. The maximum absolute atomic E-state index is 3.78. The van der Waals surface area contributed by atoms with Crippen molar-refractivity contribution in [3.05, 3.63) is 70.2 Å². The Bertz CT molecular complexity index is 1070. The van der Waals surface area contributed by atoms with Gasteiger partial charge in [-0.05, 0) is 51.8 Å². The predicted molar refractivity (Wildman–Crippen MR) is 131 cm³/mol. The summed E-state index contributed by atoms with van der Waals surface area (Å²) in [6, 6.07) is 20.0. The zero-order valence-electron chi connectivity index (χ0n) is 18.0. The number of hydrogen-bond donors (Lipinski definition) is 1. The largest absolute Gasteiger partial charge is 0.353 e.